The molecular weight excluding hydrogens is 239 g/mol. The zero-order valence-electron chi connectivity index (χ0n) is 12.1. The predicted octanol–water partition coefficient (Wildman–Crippen LogP) is 3.10. The van der Waals surface area contributed by atoms with Crippen LogP contribution < -0.4 is 5.32 Å². The van der Waals surface area contributed by atoms with Crippen molar-refractivity contribution in [3.8, 4) is 0 Å². The number of hydrogen-bond acceptors (Lipinski definition) is 2. The number of benzene rings is 1. The Labute approximate surface area is 116 Å². The third-order valence-electron chi connectivity index (χ3n) is 3.89. The van der Waals surface area contributed by atoms with Gasteiger partial charge in [-0.1, -0.05) is 13.0 Å². The van der Waals surface area contributed by atoms with Gasteiger partial charge < -0.3 is 5.32 Å². The van der Waals surface area contributed by atoms with E-state index in [0.29, 0.717) is 6.04 Å². The molecule has 1 saturated heterocycles. The van der Waals surface area contributed by atoms with Crippen molar-refractivity contribution in [1.82, 2.24) is 10.2 Å². The van der Waals surface area contributed by atoms with Crippen LogP contribution in [-0.2, 0) is 6.54 Å². The molecule has 1 unspecified atom stereocenters. The average molecular weight is 264 g/mol. The molecule has 0 saturated carbocycles. The minimum absolute atomic E-state index is 0.137. The van der Waals surface area contributed by atoms with Crippen molar-refractivity contribution in [2.75, 3.05) is 19.6 Å². The van der Waals surface area contributed by atoms with Crippen LogP contribution in [0.5, 0.6) is 0 Å². The molecule has 0 spiro atoms. The molecule has 1 aromatic carbocycles. The van der Waals surface area contributed by atoms with Crippen LogP contribution in [0.25, 0.3) is 0 Å². The number of piperidine rings is 1. The summed E-state index contributed by atoms with van der Waals surface area (Å²) in [6, 6.07) is 5.74. The third kappa shape index (κ3) is 4.29. The summed E-state index contributed by atoms with van der Waals surface area (Å²) >= 11 is 0. The third-order valence-corrected chi connectivity index (χ3v) is 3.89. The highest BCUT2D eigenvalue weighted by Crippen LogP contribution is 2.17. The van der Waals surface area contributed by atoms with E-state index in [1.807, 2.05) is 13.0 Å². The zero-order valence-corrected chi connectivity index (χ0v) is 12.1. The van der Waals surface area contributed by atoms with E-state index in [1.165, 1.54) is 24.8 Å². The first-order valence-corrected chi connectivity index (χ1v) is 7.40. The first-order chi connectivity index (χ1) is 9.19. The molecule has 0 aliphatic carbocycles. The molecule has 1 atom stereocenters. The van der Waals surface area contributed by atoms with Crippen LogP contribution in [0.1, 0.15) is 37.3 Å². The molecule has 1 N–H and O–H groups in total. The number of rotatable bonds is 5. The van der Waals surface area contributed by atoms with E-state index in [9.17, 15) is 4.39 Å². The highest BCUT2D eigenvalue weighted by Gasteiger charge is 2.19. The van der Waals surface area contributed by atoms with Gasteiger partial charge in [0.05, 0.1) is 0 Å². The zero-order chi connectivity index (χ0) is 13.7. The molecule has 1 aromatic rings. The standard InChI is InChI=1S/C16H25FN2/c1-3-8-18-16-5-4-9-19(12-16)11-14-6-7-15(17)10-13(14)2/h6-7,10,16,18H,3-5,8-9,11-12H2,1-2H3. The van der Waals surface area contributed by atoms with Crippen molar-refractivity contribution in [2.24, 2.45) is 0 Å². The van der Waals surface area contributed by atoms with Crippen LogP contribution >= 0.6 is 0 Å². The lowest BCUT2D eigenvalue weighted by Crippen LogP contribution is -2.45. The fraction of sp³-hybridized carbons (Fsp3) is 0.625. The number of nitrogens with zero attached hydrogens (tertiary/aromatic N) is 1. The van der Waals surface area contributed by atoms with Crippen molar-refractivity contribution < 1.29 is 4.39 Å². The van der Waals surface area contributed by atoms with Crippen molar-refractivity contribution in [3.05, 3.63) is 35.1 Å². The fourth-order valence-electron chi connectivity index (χ4n) is 2.79. The van der Waals surface area contributed by atoms with Gasteiger partial charge >= 0.3 is 0 Å². The van der Waals surface area contributed by atoms with E-state index >= 15 is 0 Å². The van der Waals surface area contributed by atoms with Crippen molar-refractivity contribution in [1.29, 1.82) is 0 Å². The van der Waals surface area contributed by atoms with Crippen molar-refractivity contribution in [3.63, 3.8) is 0 Å². The molecule has 1 aliphatic heterocycles. The maximum atomic E-state index is 13.1. The monoisotopic (exact) mass is 264 g/mol. The number of likely N-dealkylation sites (tertiary alicyclic amines) is 1. The van der Waals surface area contributed by atoms with Crippen molar-refractivity contribution in [2.45, 2.75) is 45.7 Å². The molecular formula is C16H25FN2. The quantitative estimate of drug-likeness (QED) is 0.879. The molecule has 0 radical (unpaired) electrons. The second-order valence-corrected chi connectivity index (χ2v) is 5.60. The van der Waals surface area contributed by atoms with E-state index < -0.39 is 0 Å². The largest absolute Gasteiger partial charge is 0.313 e. The molecule has 0 bridgehead atoms. The summed E-state index contributed by atoms with van der Waals surface area (Å²) in [5.74, 6) is -0.137. The average Bonchev–Trinajstić information content (AvgIpc) is 2.40. The molecule has 0 amide bonds. The van der Waals surface area contributed by atoms with E-state index in [-0.39, 0.29) is 5.82 Å². The Hall–Kier alpha value is -0.930. The molecule has 19 heavy (non-hydrogen) atoms. The van der Waals surface area contributed by atoms with Crippen LogP contribution in [-0.4, -0.2) is 30.6 Å². The number of hydrogen-bond donors (Lipinski definition) is 1. The van der Waals surface area contributed by atoms with Gasteiger partial charge in [-0.3, -0.25) is 4.90 Å². The minimum atomic E-state index is -0.137. The summed E-state index contributed by atoms with van der Waals surface area (Å²) in [6.45, 7) is 8.51. The van der Waals surface area contributed by atoms with Crippen LogP contribution in [0.4, 0.5) is 4.39 Å². The molecule has 1 fully saturated rings. The summed E-state index contributed by atoms with van der Waals surface area (Å²) in [7, 11) is 0. The predicted molar refractivity (Wildman–Crippen MR) is 77.7 cm³/mol. The van der Waals surface area contributed by atoms with E-state index in [4.69, 9.17) is 0 Å². The van der Waals surface area contributed by atoms with Crippen LogP contribution in [0.15, 0.2) is 18.2 Å². The van der Waals surface area contributed by atoms with Crippen LogP contribution in [0, 0.1) is 12.7 Å². The fourth-order valence-corrected chi connectivity index (χ4v) is 2.79. The van der Waals surface area contributed by atoms with Crippen LogP contribution in [0.2, 0.25) is 0 Å². The molecule has 106 valence electrons. The van der Waals surface area contributed by atoms with E-state index in [0.717, 1.165) is 31.7 Å². The van der Waals surface area contributed by atoms with Gasteiger partial charge in [0.2, 0.25) is 0 Å². The Kier molecular flexibility index (Phi) is 5.34. The summed E-state index contributed by atoms with van der Waals surface area (Å²) in [5.41, 5.74) is 2.31. The van der Waals surface area contributed by atoms with Gasteiger partial charge in [0.25, 0.3) is 0 Å². The van der Waals surface area contributed by atoms with E-state index in [2.05, 4.69) is 17.1 Å². The van der Waals surface area contributed by atoms with Crippen LogP contribution in [0.3, 0.4) is 0 Å². The summed E-state index contributed by atoms with van der Waals surface area (Å²) in [6.07, 6.45) is 3.72. The first kappa shape index (κ1) is 14.5. The minimum Gasteiger partial charge on any atom is -0.313 e. The van der Waals surface area contributed by atoms with Crippen molar-refractivity contribution >= 4 is 0 Å². The molecule has 0 aromatic heterocycles. The number of nitrogens with one attached hydrogen (secondary N) is 1. The summed E-state index contributed by atoms with van der Waals surface area (Å²) < 4.78 is 13.1. The molecule has 2 rings (SSSR count). The molecule has 1 aliphatic rings. The number of aryl methyl sites for hydroxylation is 1. The lowest BCUT2D eigenvalue weighted by atomic mass is 10.0. The maximum Gasteiger partial charge on any atom is 0.123 e. The molecule has 1 heterocycles. The van der Waals surface area contributed by atoms with E-state index in [1.54, 1.807) is 12.1 Å². The van der Waals surface area contributed by atoms with Gasteiger partial charge in [-0.2, -0.15) is 0 Å². The number of halogens is 1. The molecule has 2 nitrogen and oxygen atoms in total. The second kappa shape index (κ2) is 7.01. The normalized spacial score (nSPS) is 20.7. The van der Waals surface area contributed by atoms with Gasteiger partial charge in [-0.25, -0.2) is 4.39 Å². The van der Waals surface area contributed by atoms with Gasteiger partial charge in [-0.05, 0) is 62.5 Å². The first-order valence-electron chi connectivity index (χ1n) is 7.40. The Balaban J connectivity index is 1.91. The Morgan fingerprint density at radius 2 is 2.26 bits per heavy atom. The molecule has 3 heteroatoms. The van der Waals surface area contributed by atoms with Gasteiger partial charge in [0.1, 0.15) is 5.82 Å². The maximum absolute atomic E-state index is 13.1. The van der Waals surface area contributed by atoms with Gasteiger partial charge in [-0.15, -0.1) is 0 Å². The lowest BCUT2D eigenvalue weighted by molar-refractivity contribution is 0.183. The van der Waals surface area contributed by atoms with Gasteiger partial charge in [0, 0.05) is 19.1 Å². The topological polar surface area (TPSA) is 15.3 Å². The Morgan fingerprint density at radius 1 is 1.42 bits per heavy atom. The highest BCUT2D eigenvalue weighted by atomic mass is 19.1. The SMILES string of the molecule is CCCNC1CCCN(Cc2ccc(F)cc2C)C1. The van der Waals surface area contributed by atoms with Gasteiger partial charge in [0.15, 0.2) is 0 Å². The lowest BCUT2D eigenvalue weighted by Gasteiger charge is -2.33. The smallest absolute Gasteiger partial charge is 0.123 e. The Bertz CT molecular complexity index is 406. The summed E-state index contributed by atoms with van der Waals surface area (Å²) in [5, 5.41) is 3.61. The second-order valence-electron chi connectivity index (χ2n) is 5.60. The highest BCUT2D eigenvalue weighted by molar-refractivity contribution is 5.26. The summed E-state index contributed by atoms with van der Waals surface area (Å²) in [4.78, 5) is 2.48. The Morgan fingerprint density at radius 3 is 3.00 bits per heavy atom.